The van der Waals surface area contributed by atoms with Crippen molar-refractivity contribution in [2.24, 2.45) is 35.5 Å². The highest BCUT2D eigenvalue weighted by Crippen LogP contribution is 2.52. The number of carbonyl (C=O) groups excluding carboxylic acids is 6. The van der Waals surface area contributed by atoms with Gasteiger partial charge in [-0.2, -0.15) is 0 Å². The molecule has 4 aromatic rings. The first-order valence-corrected chi connectivity index (χ1v) is 28.9. The number of benzene rings is 4. The van der Waals surface area contributed by atoms with Gasteiger partial charge in [0, 0.05) is 97.1 Å². The maximum Gasteiger partial charge on any atom is 0.308 e. The van der Waals surface area contributed by atoms with Crippen LogP contribution in [0.1, 0.15) is 133 Å². The van der Waals surface area contributed by atoms with Gasteiger partial charge in [-0.15, -0.1) is 11.8 Å². The Morgan fingerprint density at radius 2 is 0.987 bits per heavy atom. The lowest BCUT2D eigenvalue weighted by Crippen LogP contribution is -2.33. The van der Waals surface area contributed by atoms with E-state index in [0.29, 0.717) is 38.6 Å². The van der Waals surface area contributed by atoms with Gasteiger partial charge in [0.2, 0.25) is 17.7 Å². The zero-order valence-corrected chi connectivity index (χ0v) is 46.0. The number of carbonyl (C=O) groups is 6. The SMILES string of the molecule is CC(C)C(=O)CCC(=O)N1Cc2ccccc2C#Cc2ccccc21.CC(C)C(=O)CCSSCCNC(=O)CCC(=O)N1Cc2ccccc2C#Cc2ccccc21.CC(C)C(=O)OCC1[C@H]2CCC#CCC[C@@H]12. The number of nitrogens with one attached hydrogen (secondary N) is 1. The summed E-state index contributed by atoms with van der Waals surface area (Å²) in [5.41, 5.74) is 7.09. The Bertz CT molecular complexity index is 2840. The van der Waals surface area contributed by atoms with Crippen LogP contribution in [0, 0.1) is 71.0 Å². The minimum atomic E-state index is -0.130. The molecule has 1 saturated carbocycles. The summed E-state index contributed by atoms with van der Waals surface area (Å²) in [7, 11) is 3.30. The lowest BCUT2D eigenvalue weighted by molar-refractivity contribution is -0.148. The van der Waals surface area contributed by atoms with Crippen LogP contribution in [0.4, 0.5) is 11.4 Å². The third kappa shape index (κ3) is 17.8. The lowest BCUT2D eigenvalue weighted by Gasteiger charge is -2.26. The van der Waals surface area contributed by atoms with Crippen LogP contribution in [-0.4, -0.2) is 59.9 Å². The third-order valence-electron chi connectivity index (χ3n) is 13.5. The number of nitrogens with zero attached hydrogens (tertiary/aromatic N) is 2. The smallest absolute Gasteiger partial charge is 0.308 e. The molecule has 4 aliphatic rings. The predicted molar refractivity (Wildman–Crippen MR) is 303 cm³/mol. The molecule has 0 saturated heterocycles. The van der Waals surface area contributed by atoms with Crippen molar-refractivity contribution in [3.63, 3.8) is 0 Å². The number of ether oxygens (including phenoxy) is 1. The first-order chi connectivity index (χ1) is 36.2. The molecule has 4 aromatic carbocycles. The number of amides is 3. The Kier molecular flexibility index (Phi) is 22.7. The number of para-hydroxylation sites is 2. The topological polar surface area (TPSA) is 130 Å². The van der Waals surface area contributed by atoms with E-state index >= 15 is 0 Å². The first-order valence-electron chi connectivity index (χ1n) is 26.4. The van der Waals surface area contributed by atoms with Crippen LogP contribution in [0.2, 0.25) is 0 Å². The molecule has 1 fully saturated rings. The van der Waals surface area contributed by atoms with E-state index in [1.165, 1.54) is 12.8 Å². The van der Waals surface area contributed by atoms with Gasteiger partial charge in [0.05, 0.1) is 37.0 Å². The number of rotatable bonds is 18. The summed E-state index contributed by atoms with van der Waals surface area (Å²) in [6, 6.07) is 31.0. The van der Waals surface area contributed by atoms with Gasteiger partial charge in [0.25, 0.3) is 0 Å². The van der Waals surface area contributed by atoms with Crippen molar-refractivity contribution in [1.29, 1.82) is 0 Å². The van der Waals surface area contributed by atoms with Crippen LogP contribution < -0.4 is 15.1 Å². The Labute approximate surface area is 453 Å². The molecule has 0 spiro atoms. The molecule has 2 aliphatic heterocycles. The van der Waals surface area contributed by atoms with Gasteiger partial charge < -0.3 is 19.9 Å². The third-order valence-corrected chi connectivity index (χ3v) is 15.9. The van der Waals surface area contributed by atoms with Crippen molar-refractivity contribution >= 4 is 68.2 Å². The lowest BCUT2D eigenvalue weighted by atomic mass is 10.0. The number of anilines is 2. The molecule has 1 N–H and O–H groups in total. The summed E-state index contributed by atoms with van der Waals surface area (Å²) < 4.78 is 5.32. The minimum absolute atomic E-state index is 0.00494. The molecule has 12 heteroatoms. The number of hydrogen-bond acceptors (Lipinski definition) is 9. The van der Waals surface area contributed by atoms with Gasteiger partial charge >= 0.3 is 5.97 Å². The predicted octanol–water partition coefficient (Wildman–Crippen LogP) is 11.4. The molecule has 75 heavy (non-hydrogen) atoms. The highest BCUT2D eigenvalue weighted by molar-refractivity contribution is 8.76. The Morgan fingerprint density at radius 1 is 0.547 bits per heavy atom. The quantitative estimate of drug-likeness (QED) is 0.0448. The second kappa shape index (κ2) is 29.5. The van der Waals surface area contributed by atoms with Crippen LogP contribution in [0.15, 0.2) is 97.1 Å². The Morgan fingerprint density at radius 3 is 1.49 bits per heavy atom. The molecule has 1 unspecified atom stereocenters. The summed E-state index contributed by atoms with van der Waals surface area (Å²) >= 11 is 0. The molecule has 0 bridgehead atoms. The number of esters is 1. The average molecular weight is 1050 g/mol. The van der Waals surface area contributed by atoms with Crippen LogP contribution >= 0.6 is 21.6 Å². The summed E-state index contributed by atoms with van der Waals surface area (Å²) in [5.74, 6) is 23.0. The van der Waals surface area contributed by atoms with Gasteiger partial charge in [-0.3, -0.25) is 28.8 Å². The van der Waals surface area contributed by atoms with Crippen LogP contribution in [0.5, 0.6) is 0 Å². The summed E-state index contributed by atoms with van der Waals surface area (Å²) in [5, 5.41) is 2.88. The highest BCUT2D eigenvalue weighted by Gasteiger charge is 2.49. The minimum Gasteiger partial charge on any atom is -0.465 e. The summed E-state index contributed by atoms with van der Waals surface area (Å²) in [6.45, 7) is 13.4. The van der Waals surface area contributed by atoms with Crippen molar-refractivity contribution < 1.29 is 33.5 Å². The number of Topliss-reactive ketones (excluding diaryl/α,β-unsaturated/α-hetero) is 2. The van der Waals surface area contributed by atoms with Gasteiger partial charge in [0.1, 0.15) is 11.6 Å². The van der Waals surface area contributed by atoms with E-state index in [4.69, 9.17) is 4.74 Å². The monoisotopic (exact) mass is 1050 g/mol. The van der Waals surface area contributed by atoms with Gasteiger partial charge in [-0.25, -0.2) is 0 Å². The molecule has 10 nitrogen and oxygen atoms in total. The van der Waals surface area contributed by atoms with Crippen molar-refractivity contribution in [1.82, 2.24) is 5.32 Å². The molecule has 2 aliphatic carbocycles. The normalized spacial score (nSPS) is 16.4. The van der Waals surface area contributed by atoms with Crippen molar-refractivity contribution in [2.45, 2.75) is 112 Å². The number of fused-ring (bicyclic) bond motifs is 5. The summed E-state index contributed by atoms with van der Waals surface area (Å²) in [6.07, 6.45) is 5.80. The van der Waals surface area contributed by atoms with Gasteiger partial charge in [-0.1, -0.05) is 147 Å². The van der Waals surface area contributed by atoms with Crippen molar-refractivity contribution in [3.05, 3.63) is 130 Å². The van der Waals surface area contributed by atoms with Crippen LogP contribution in [0.25, 0.3) is 0 Å². The van der Waals surface area contributed by atoms with E-state index in [1.807, 2.05) is 139 Å². The highest BCUT2D eigenvalue weighted by atomic mass is 33.1. The zero-order chi connectivity index (χ0) is 53.7. The molecule has 3 atom stereocenters. The molecule has 3 amide bonds. The van der Waals surface area contributed by atoms with Crippen molar-refractivity contribution in [2.75, 3.05) is 34.5 Å². The fourth-order valence-electron chi connectivity index (χ4n) is 8.92. The van der Waals surface area contributed by atoms with Crippen LogP contribution in [0.3, 0.4) is 0 Å². The van der Waals surface area contributed by atoms with E-state index in [0.717, 1.165) is 80.9 Å². The van der Waals surface area contributed by atoms with E-state index < -0.39 is 0 Å². The zero-order valence-electron chi connectivity index (χ0n) is 44.4. The summed E-state index contributed by atoms with van der Waals surface area (Å²) in [4.78, 5) is 76.7. The second-order valence-electron chi connectivity index (χ2n) is 20.0. The molecule has 8 rings (SSSR count). The fourth-order valence-corrected chi connectivity index (χ4v) is 10.8. The standard InChI is InChI=1S/C27H30N2O3S2.C22H21NO2.C14H20O2/c1-20(2)25(30)15-17-33-34-18-16-28-26(31)13-14-27(32)29-19-23-9-4-3-7-21(23)11-12-22-8-5-6-10-24(22)29;1-16(2)21(24)13-14-22(25)23-15-19-9-4-3-7-17(19)11-12-18-8-5-6-10-20(18)23;1-10(2)14(15)16-9-13-11-7-5-3-4-6-8-12(11)13/h3-10,20H,13-19H2,1-2H3,(H,28,31);3-10,16H,13-15H2,1-2H3;10-13H,5-9H2,1-2H3/t;;11-,12+,13?. The fraction of sp³-hybridized carbons (Fsp3) is 0.429. The number of hydrogen-bond donors (Lipinski definition) is 1. The van der Waals surface area contributed by atoms with E-state index in [1.54, 1.807) is 31.4 Å². The Hall–Kier alpha value is -6.52. The second-order valence-corrected chi connectivity index (χ2v) is 22.7. The van der Waals surface area contributed by atoms with Gasteiger partial charge in [0.15, 0.2) is 0 Å². The molecular weight excluding hydrogens is 975 g/mol. The van der Waals surface area contributed by atoms with E-state index in [2.05, 4.69) is 40.8 Å². The van der Waals surface area contributed by atoms with Crippen molar-refractivity contribution in [3.8, 4) is 35.5 Å². The maximum atomic E-state index is 13.2. The molecule has 0 radical (unpaired) electrons. The number of ketones is 2. The Balaban J connectivity index is 0.000000195. The van der Waals surface area contributed by atoms with E-state index in [-0.39, 0.29) is 78.7 Å². The van der Waals surface area contributed by atoms with Gasteiger partial charge in [-0.05, 0) is 78.1 Å². The molecular formula is C63H71N3O7S2. The van der Waals surface area contributed by atoms with Crippen LogP contribution in [-0.2, 0) is 46.6 Å². The molecule has 2 heterocycles. The molecule has 0 aromatic heterocycles. The first kappa shape index (κ1) is 57.8. The van der Waals surface area contributed by atoms with E-state index in [9.17, 15) is 28.8 Å². The average Bonchev–Trinajstić information content (AvgIpc) is 4.05. The largest absolute Gasteiger partial charge is 0.465 e. The molecule has 392 valence electrons. The maximum absolute atomic E-state index is 13.2.